The molecular weight excluding hydrogens is 312 g/mol. The average molecular weight is 326 g/mol. The summed E-state index contributed by atoms with van der Waals surface area (Å²) in [5, 5.41) is 20.5. The number of aliphatic hydroxyl groups excluding tert-OH is 1. The normalized spacial score (nSPS) is 13.8. The number of phenols is 1. The summed E-state index contributed by atoms with van der Waals surface area (Å²) in [6, 6.07) is 8.74. The molecule has 122 valence electrons. The molecule has 0 saturated carbocycles. The van der Waals surface area contributed by atoms with Crippen molar-refractivity contribution >= 4 is 22.9 Å². The van der Waals surface area contributed by atoms with Crippen molar-refractivity contribution in [2.24, 2.45) is 0 Å². The van der Waals surface area contributed by atoms with Gasteiger partial charge in [-0.05, 0) is 29.8 Å². The van der Waals surface area contributed by atoms with Crippen molar-refractivity contribution in [2.75, 3.05) is 14.2 Å². The Balaban J connectivity index is 2.27. The van der Waals surface area contributed by atoms with Crippen molar-refractivity contribution < 1.29 is 29.3 Å². The number of aliphatic hydroxyl groups is 1. The van der Waals surface area contributed by atoms with E-state index in [0.29, 0.717) is 11.5 Å². The molecule has 2 N–H and O–H groups in total. The van der Waals surface area contributed by atoms with Crippen LogP contribution in [0.1, 0.15) is 21.5 Å². The van der Waals surface area contributed by atoms with Gasteiger partial charge in [-0.15, -0.1) is 0 Å². The molecule has 0 radical (unpaired) electrons. The number of ketones is 2. The Hall–Kier alpha value is -3.28. The third-order valence-corrected chi connectivity index (χ3v) is 3.87. The molecule has 2 aromatic carbocycles. The van der Waals surface area contributed by atoms with Gasteiger partial charge in [-0.3, -0.25) is 9.59 Å². The topological polar surface area (TPSA) is 93.1 Å². The van der Waals surface area contributed by atoms with Gasteiger partial charge in [0.2, 0.25) is 11.6 Å². The highest BCUT2D eigenvalue weighted by Gasteiger charge is 2.35. The maximum atomic E-state index is 12.4. The number of allylic oxidation sites excluding steroid dienone is 1. The van der Waals surface area contributed by atoms with Crippen LogP contribution in [0.2, 0.25) is 0 Å². The number of hydrogen-bond acceptors (Lipinski definition) is 6. The molecule has 0 saturated heterocycles. The van der Waals surface area contributed by atoms with Crippen LogP contribution in [0.25, 0.3) is 11.3 Å². The first-order valence-corrected chi connectivity index (χ1v) is 7.06. The second-order valence-corrected chi connectivity index (χ2v) is 5.15. The molecule has 0 aromatic heterocycles. The quantitative estimate of drug-likeness (QED) is 0.842. The molecule has 0 fully saturated rings. The minimum atomic E-state index is -0.849. The zero-order valence-electron chi connectivity index (χ0n) is 13.0. The zero-order valence-corrected chi connectivity index (χ0v) is 13.0. The maximum Gasteiger partial charge on any atom is 0.237 e. The van der Waals surface area contributed by atoms with Crippen LogP contribution in [0.5, 0.6) is 17.2 Å². The smallest absolute Gasteiger partial charge is 0.237 e. The number of ether oxygens (including phenoxy) is 2. The summed E-state index contributed by atoms with van der Waals surface area (Å²) in [4.78, 5) is 24.8. The van der Waals surface area contributed by atoms with Gasteiger partial charge in [-0.1, -0.05) is 12.1 Å². The largest absolute Gasteiger partial charge is 0.507 e. The second kappa shape index (κ2) is 5.73. The molecular formula is C18H14O6. The SMILES string of the molecule is COc1ccc(C2=C(O)c3c(O)cccc3C(=O)C2=O)cc1OC. The van der Waals surface area contributed by atoms with E-state index < -0.39 is 17.3 Å². The van der Waals surface area contributed by atoms with Gasteiger partial charge in [0, 0.05) is 5.56 Å². The number of rotatable bonds is 3. The highest BCUT2D eigenvalue weighted by atomic mass is 16.5. The monoisotopic (exact) mass is 326 g/mol. The molecule has 3 rings (SSSR count). The second-order valence-electron chi connectivity index (χ2n) is 5.15. The van der Waals surface area contributed by atoms with Crippen molar-refractivity contribution in [1.29, 1.82) is 0 Å². The number of phenolic OH excluding ortho intramolecular Hbond substituents is 1. The molecule has 6 heteroatoms. The molecule has 0 unspecified atom stereocenters. The van der Waals surface area contributed by atoms with E-state index in [-0.39, 0.29) is 28.0 Å². The van der Waals surface area contributed by atoms with E-state index in [2.05, 4.69) is 0 Å². The highest BCUT2D eigenvalue weighted by molar-refractivity contribution is 6.62. The lowest BCUT2D eigenvalue weighted by Gasteiger charge is -2.19. The van der Waals surface area contributed by atoms with Gasteiger partial charge < -0.3 is 19.7 Å². The zero-order chi connectivity index (χ0) is 17.4. The Bertz CT molecular complexity index is 894. The molecule has 0 amide bonds. The summed E-state index contributed by atoms with van der Waals surface area (Å²) >= 11 is 0. The molecule has 0 heterocycles. The predicted octanol–water partition coefficient (Wildman–Crippen LogP) is 2.60. The van der Waals surface area contributed by atoms with Crippen LogP contribution in [-0.2, 0) is 4.79 Å². The molecule has 2 aromatic rings. The Kier molecular flexibility index (Phi) is 3.73. The molecule has 0 spiro atoms. The van der Waals surface area contributed by atoms with Crippen LogP contribution in [0.4, 0.5) is 0 Å². The van der Waals surface area contributed by atoms with Crippen LogP contribution in [-0.4, -0.2) is 36.0 Å². The lowest BCUT2D eigenvalue weighted by Crippen LogP contribution is -2.23. The Labute approximate surface area is 137 Å². The van der Waals surface area contributed by atoms with Crippen molar-refractivity contribution in [2.45, 2.75) is 0 Å². The van der Waals surface area contributed by atoms with Gasteiger partial charge in [0.1, 0.15) is 11.5 Å². The molecule has 24 heavy (non-hydrogen) atoms. The van der Waals surface area contributed by atoms with E-state index in [4.69, 9.17) is 9.47 Å². The summed E-state index contributed by atoms with van der Waals surface area (Å²) in [5.74, 6) is -1.57. The molecule has 0 atom stereocenters. The van der Waals surface area contributed by atoms with Gasteiger partial charge >= 0.3 is 0 Å². The van der Waals surface area contributed by atoms with Crippen molar-refractivity contribution in [3.63, 3.8) is 0 Å². The number of benzene rings is 2. The van der Waals surface area contributed by atoms with Crippen LogP contribution in [0.3, 0.4) is 0 Å². The number of carbonyl (C=O) groups excluding carboxylic acids is 2. The van der Waals surface area contributed by atoms with Gasteiger partial charge in [0.15, 0.2) is 11.5 Å². The number of methoxy groups -OCH3 is 2. The minimum Gasteiger partial charge on any atom is -0.507 e. The van der Waals surface area contributed by atoms with E-state index in [9.17, 15) is 19.8 Å². The van der Waals surface area contributed by atoms with Gasteiger partial charge in [0.05, 0.1) is 25.4 Å². The van der Waals surface area contributed by atoms with E-state index in [1.165, 1.54) is 44.6 Å². The minimum absolute atomic E-state index is 0.0262. The number of hydrogen-bond donors (Lipinski definition) is 2. The van der Waals surface area contributed by atoms with E-state index >= 15 is 0 Å². The maximum absolute atomic E-state index is 12.4. The third-order valence-electron chi connectivity index (χ3n) is 3.87. The van der Waals surface area contributed by atoms with Crippen LogP contribution in [0, 0.1) is 0 Å². The summed E-state index contributed by atoms with van der Waals surface area (Å²) in [5.41, 5.74) is 0.0287. The lowest BCUT2D eigenvalue weighted by atomic mass is 9.84. The van der Waals surface area contributed by atoms with Crippen LogP contribution >= 0.6 is 0 Å². The third kappa shape index (κ3) is 2.20. The average Bonchev–Trinajstić information content (AvgIpc) is 2.59. The number of carbonyl (C=O) groups is 2. The summed E-state index contributed by atoms with van der Waals surface area (Å²) in [7, 11) is 2.91. The van der Waals surface area contributed by atoms with E-state index in [0.717, 1.165) is 0 Å². The Morgan fingerprint density at radius 2 is 1.58 bits per heavy atom. The molecule has 1 aliphatic carbocycles. The fraction of sp³-hybridized carbons (Fsp3) is 0.111. The van der Waals surface area contributed by atoms with E-state index in [1.54, 1.807) is 6.07 Å². The first-order chi connectivity index (χ1) is 11.5. The molecule has 0 aliphatic heterocycles. The lowest BCUT2D eigenvalue weighted by molar-refractivity contribution is -0.110. The van der Waals surface area contributed by atoms with Crippen molar-refractivity contribution in [3.8, 4) is 17.2 Å². The van der Waals surface area contributed by atoms with Gasteiger partial charge in [0.25, 0.3) is 0 Å². The van der Waals surface area contributed by atoms with Crippen LogP contribution in [0.15, 0.2) is 36.4 Å². The van der Waals surface area contributed by atoms with Gasteiger partial charge in [-0.2, -0.15) is 0 Å². The first-order valence-electron chi connectivity index (χ1n) is 7.06. The molecule has 0 bridgehead atoms. The first kappa shape index (κ1) is 15.6. The van der Waals surface area contributed by atoms with Gasteiger partial charge in [-0.25, -0.2) is 0 Å². The fourth-order valence-corrected chi connectivity index (χ4v) is 2.71. The summed E-state index contributed by atoms with van der Waals surface area (Å²) < 4.78 is 10.3. The van der Waals surface area contributed by atoms with Crippen molar-refractivity contribution in [3.05, 3.63) is 53.1 Å². The van der Waals surface area contributed by atoms with Crippen molar-refractivity contribution in [1.82, 2.24) is 0 Å². The Morgan fingerprint density at radius 3 is 2.25 bits per heavy atom. The van der Waals surface area contributed by atoms with E-state index in [1.807, 2.05) is 0 Å². The molecule has 1 aliphatic rings. The number of aromatic hydroxyl groups is 1. The standard InChI is InChI=1S/C18H14O6/c1-23-12-7-6-9(8-13(12)24-2)14-17(21)15-10(16(20)18(14)22)4-3-5-11(15)19/h3-8,19,21H,1-2H3. The highest BCUT2D eigenvalue weighted by Crippen LogP contribution is 2.39. The summed E-state index contributed by atoms with van der Waals surface area (Å²) in [6.07, 6.45) is 0. The number of fused-ring (bicyclic) bond motifs is 1. The molecule has 6 nitrogen and oxygen atoms in total. The summed E-state index contributed by atoms with van der Waals surface area (Å²) in [6.45, 7) is 0. The Morgan fingerprint density at radius 1 is 0.875 bits per heavy atom. The number of Topliss-reactive ketones (excluding diaryl/α,β-unsaturated/α-hetero) is 2. The van der Waals surface area contributed by atoms with Crippen LogP contribution < -0.4 is 9.47 Å². The predicted molar refractivity (Wildman–Crippen MR) is 86.4 cm³/mol. The fourth-order valence-electron chi connectivity index (χ4n) is 2.71.